The molecule has 0 spiro atoms. The van der Waals surface area contributed by atoms with Gasteiger partial charge in [0.05, 0.1) is 18.6 Å². The second-order valence-corrected chi connectivity index (χ2v) is 13.0. The smallest absolute Gasteiger partial charge is 0.247 e. The fourth-order valence-corrected chi connectivity index (χ4v) is 7.14. The van der Waals surface area contributed by atoms with E-state index in [1.807, 2.05) is 30.5 Å². The van der Waals surface area contributed by atoms with Crippen molar-refractivity contribution in [1.82, 2.24) is 14.5 Å². The largest absolute Gasteiger partial charge is 0.497 e. The standard InChI is InChI=1S/C28H37N3O5S2/c1-28(27(33)29-22-7-5-4-6-8-22)20-30(38(34,35)25-15-11-23(36-2)12-16-25)19-26(32)31(28)18-17-21-9-13-24(37-3)14-10-21/h9-16,22H,4-8,17-20H2,1-3H3,(H,29,33). The quantitative estimate of drug-likeness (QED) is 0.471. The summed E-state index contributed by atoms with van der Waals surface area (Å²) in [6.07, 6.45) is 7.62. The molecule has 2 fully saturated rings. The Balaban J connectivity index is 1.60. The first-order valence-corrected chi connectivity index (χ1v) is 15.7. The number of benzene rings is 2. The van der Waals surface area contributed by atoms with E-state index >= 15 is 0 Å². The third-order valence-electron chi connectivity index (χ3n) is 7.60. The summed E-state index contributed by atoms with van der Waals surface area (Å²) in [4.78, 5) is 30.1. The maximum Gasteiger partial charge on any atom is 0.247 e. The van der Waals surface area contributed by atoms with Crippen LogP contribution in [0.15, 0.2) is 58.3 Å². The Labute approximate surface area is 230 Å². The van der Waals surface area contributed by atoms with Gasteiger partial charge in [-0.15, -0.1) is 11.8 Å². The minimum Gasteiger partial charge on any atom is -0.497 e. The predicted octanol–water partition coefficient (Wildman–Crippen LogP) is 3.70. The maximum atomic E-state index is 13.8. The van der Waals surface area contributed by atoms with Crippen molar-refractivity contribution in [2.24, 2.45) is 0 Å². The van der Waals surface area contributed by atoms with Crippen LogP contribution in [0.3, 0.4) is 0 Å². The van der Waals surface area contributed by atoms with Crippen LogP contribution in [0.1, 0.15) is 44.6 Å². The summed E-state index contributed by atoms with van der Waals surface area (Å²) in [6, 6.07) is 14.2. The number of methoxy groups -OCH3 is 1. The van der Waals surface area contributed by atoms with E-state index in [1.165, 1.54) is 19.2 Å². The van der Waals surface area contributed by atoms with Gasteiger partial charge in [-0.2, -0.15) is 4.31 Å². The molecule has 2 aliphatic rings. The Bertz CT molecular complexity index is 1230. The molecule has 1 heterocycles. The maximum absolute atomic E-state index is 13.8. The molecule has 0 radical (unpaired) electrons. The van der Waals surface area contributed by atoms with E-state index in [0.717, 1.165) is 46.9 Å². The third kappa shape index (κ3) is 6.18. The Morgan fingerprint density at radius 2 is 1.74 bits per heavy atom. The second-order valence-electron chi connectivity index (χ2n) is 10.2. The Morgan fingerprint density at radius 1 is 1.08 bits per heavy atom. The molecular formula is C28H37N3O5S2. The molecule has 1 aliphatic heterocycles. The van der Waals surface area contributed by atoms with Gasteiger partial charge in [-0.25, -0.2) is 8.42 Å². The molecule has 8 nitrogen and oxygen atoms in total. The minimum atomic E-state index is -4.01. The molecule has 1 unspecified atom stereocenters. The van der Waals surface area contributed by atoms with Crippen molar-refractivity contribution in [1.29, 1.82) is 0 Å². The van der Waals surface area contributed by atoms with Crippen LogP contribution in [0.4, 0.5) is 0 Å². The van der Waals surface area contributed by atoms with Gasteiger partial charge >= 0.3 is 0 Å². The van der Waals surface area contributed by atoms with Crippen molar-refractivity contribution in [2.45, 2.75) is 66.8 Å². The zero-order valence-electron chi connectivity index (χ0n) is 22.3. The van der Waals surface area contributed by atoms with E-state index < -0.39 is 15.6 Å². The first kappa shape index (κ1) is 28.4. The van der Waals surface area contributed by atoms with Crippen molar-refractivity contribution in [3.8, 4) is 5.75 Å². The van der Waals surface area contributed by atoms with Crippen LogP contribution in [0.5, 0.6) is 5.75 Å². The van der Waals surface area contributed by atoms with Gasteiger partial charge in [0.1, 0.15) is 11.3 Å². The number of hydrogen-bond donors (Lipinski definition) is 1. The van der Waals surface area contributed by atoms with Crippen LogP contribution in [0.25, 0.3) is 0 Å². The zero-order valence-corrected chi connectivity index (χ0v) is 23.9. The van der Waals surface area contributed by atoms with Crippen molar-refractivity contribution >= 4 is 33.6 Å². The van der Waals surface area contributed by atoms with Gasteiger partial charge in [0, 0.05) is 24.0 Å². The van der Waals surface area contributed by atoms with Crippen LogP contribution in [-0.2, 0) is 26.0 Å². The van der Waals surface area contributed by atoms with Gasteiger partial charge in [0.2, 0.25) is 21.8 Å². The van der Waals surface area contributed by atoms with E-state index in [2.05, 4.69) is 5.32 Å². The number of hydrogen-bond acceptors (Lipinski definition) is 6. The van der Waals surface area contributed by atoms with Gasteiger partial charge in [0.25, 0.3) is 0 Å². The van der Waals surface area contributed by atoms with Crippen molar-refractivity contribution < 1.29 is 22.7 Å². The highest BCUT2D eigenvalue weighted by Crippen LogP contribution is 2.30. The van der Waals surface area contributed by atoms with Crippen molar-refractivity contribution in [3.05, 3.63) is 54.1 Å². The van der Waals surface area contributed by atoms with E-state index in [4.69, 9.17) is 4.74 Å². The summed E-state index contributed by atoms with van der Waals surface area (Å²) >= 11 is 1.66. The van der Waals surface area contributed by atoms with Gasteiger partial charge in [-0.3, -0.25) is 9.59 Å². The first-order valence-electron chi connectivity index (χ1n) is 13.1. The predicted molar refractivity (Wildman–Crippen MR) is 149 cm³/mol. The number of ether oxygens (including phenoxy) is 1. The molecule has 10 heteroatoms. The number of nitrogens with zero attached hydrogens (tertiary/aromatic N) is 2. The average Bonchev–Trinajstić information content (AvgIpc) is 2.93. The minimum absolute atomic E-state index is 0.0395. The monoisotopic (exact) mass is 559 g/mol. The number of thioether (sulfide) groups is 1. The van der Waals surface area contributed by atoms with Gasteiger partial charge in [-0.05, 0) is 74.4 Å². The van der Waals surface area contributed by atoms with Gasteiger partial charge in [-0.1, -0.05) is 31.4 Å². The van der Waals surface area contributed by atoms with Crippen LogP contribution in [0.2, 0.25) is 0 Å². The molecule has 2 aromatic carbocycles. The number of rotatable bonds is 9. The number of amides is 2. The van der Waals surface area contributed by atoms with Crippen molar-refractivity contribution in [2.75, 3.05) is 33.0 Å². The summed E-state index contributed by atoms with van der Waals surface area (Å²) in [6.45, 7) is 1.58. The van der Waals surface area contributed by atoms with E-state index in [-0.39, 0.29) is 35.8 Å². The molecule has 1 atom stereocenters. The van der Waals surface area contributed by atoms with Crippen LogP contribution >= 0.6 is 11.8 Å². The number of sulfonamides is 1. The molecule has 1 saturated carbocycles. The zero-order chi connectivity index (χ0) is 27.3. The number of piperazine rings is 1. The van der Waals surface area contributed by atoms with Gasteiger partial charge < -0.3 is 15.0 Å². The molecule has 2 amide bonds. The normalized spacial score (nSPS) is 21.3. The summed E-state index contributed by atoms with van der Waals surface area (Å²) in [5.41, 5.74) is -0.287. The molecule has 1 aliphatic carbocycles. The highest BCUT2D eigenvalue weighted by Gasteiger charge is 2.50. The van der Waals surface area contributed by atoms with E-state index in [0.29, 0.717) is 18.7 Å². The SMILES string of the molecule is COc1ccc(S(=O)(=O)N2CC(=O)N(CCc3ccc(SC)cc3)C(C)(C(=O)NC3CCCCC3)C2)cc1. The number of carbonyl (C=O) groups is 2. The Morgan fingerprint density at radius 3 is 2.34 bits per heavy atom. The number of nitrogens with one attached hydrogen (secondary N) is 1. The van der Waals surface area contributed by atoms with E-state index in [1.54, 1.807) is 35.7 Å². The molecule has 38 heavy (non-hydrogen) atoms. The summed E-state index contributed by atoms with van der Waals surface area (Å²) in [5.74, 6) is -0.146. The summed E-state index contributed by atoms with van der Waals surface area (Å²) in [5, 5.41) is 3.15. The van der Waals surface area contributed by atoms with Crippen LogP contribution in [-0.4, -0.2) is 74.0 Å². The molecule has 4 rings (SSSR count). The Kier molecular flexibility index (Phi) is 9.05. The highest BCUT2D eigenvalue weighted by atomic mass is 32.2. The fourth-order valence-electron chi connectivity index (χ4n) is 5.25. The molecule has 1 saturated heterocycles. The van der Waals surface area contributed by atoms with Crippen LogP contribution in [0, 0.1) is 0 Å². The number of carbonyl (C=O) groups excluding carboxylic acids is 2. The van der Waals surface area contributed by atoms with Gasteiger partial charge in [0.15, 0.2) is 0 Å². The lowest BCUT2D eigenvalue weighted by molar-refractivity contribution is -0.153. The molecule has 0 bridgehead atoms. The molecular weight excluding hydrogens is 522 g/mol. The summed E-state index contributed by atoms with van der Waals surface area (Å²) < 4.78 is 33.4. The third-order valence-corrected chi connectivity index (χ3v) is 10.2. The first-order chi connectivity index (χ1) is 18.2. The molecule has 206 valence electrons. The fraction of sp³-hybridized carbons (Fsp3) is 0.500. The lowest BCUT2D eigenvalue weighted by Gasteiger charge is -2.47. The Hall–Kier alpha value is -2.56. The lowest BCUT2D eigenvalue weighted by atomic mass is 9.91. The molecule has 1 N–H and O–H groups in total. The molecule has 2 aromatic rings. The van der Waals surface area contributed by atoms with Crippen LogP contribution < -0.4 is 10.1 Å². The van der Waals surface area contributed by atoms with Crippen molar-refractivity contribution in [3.63, 3.8) is 0 Å². The lowest BCUT2D eigenvalue weighted by Crippen LogP contribution is -2.70. The topological polar surface area (TPSA) is 96.0 Å². The highest BCUT2D eigenvalue weighted by molar-refractivity contribution is 7.98. The average molecular weight is 560 g/mol. The summed E-state index contributed by atoms with van der Waals surface area (Å²) in [7, 11) is -2.50. The second kappa shape index (κ2) is 12.1. The van der Waals surface area contributed by atoms with E-state index in [9.17, 15) is 18.0 Å². The molecule has 0 aromatic heterocycles.